The number of carbonyl (C=O) groups is 1. The van der Waals surface area contributed by atoms with Gasteiger partial charge in [0.1, 0.15) is 18.1 Å². The summed E-state index contributed by atoms with van der Waals surface area (Å²) >= 11 is 0. The molecule has 2 aliphatic rings. The molecule has 1 aliphatic carbocycles. The molecule has 184 valence electrons. The minimum absolute atomic E-state index is 0.251. The number of hydrogen-bond acceptors (Lipinski definition) is 6. The Labute approximate surface area is 204 Å². The van der Waals surface area contributed by atoms with E-state index in [0.29, 0.717) is 22.5 Å². The van der Waals surface area contributed by atoms with Crippen molar-refractivity contribution in [3.63, 3.8) is 0 Å². The highest BCUT2D eigenvalue weighted by Crippen LogP contribution is 2.23. The molecule has 0 radical (unpaired) electrons. The zero-order valence-corrected chi connectivity index (χ0v) is 20.7. The third-order valence-electron chi connectivity index (χ3n) is 6.81. The van der Waals surface area contributed by atoms with E-state index in [1.165, 1.54) is 38.6 Å². The molecule has 6 heteroatoms. The average Bonchev–Trinajstić information content (AvgIpc) is 2.87. The van der Waals surface area contributed by atoms with Crippen LogP contribution in [0.5, 0.6) is 5.75 Å². The number of ether oxygens (including phenoxy) is 1. The summed E-state index contributed by atoms with van der Waals surface area (Å²) in [5, 5.41) is 11.6. The highest BCUT2D eigenvalue weighted by Gasteiger charge is 2.18. The van der Waals surface area contributed by atoms with Gasteiger partial charge in [0.15, 0.2) is 0 Å². The quantitative estimate of drug-likeness (QED) is 0.312. The van der Waals surface area contributed by atoms with Crippen LogP contribution in [0.4, 0.5) is 5.69 Å². The zero-order chi connectivity index (χ0) is 24.3. The van der Waals surface area contributed by atoms with E-state index >= 15 is 0 Å². The fourth-order valence-corrected chi connectivity index (χ4v) is 4.69. The highest BCUT2D eigenvalue weighted by molar-refractivity contribution is 6.14. The van der Waals surface area contributed by atoms with E-state index in [1.54, 1.807) is 18.2 Å². The summed E-state index contributed by atoms with van der Waals surface area (Å²) in [6.07, 6.45) is 10.4. The molecular formula is C28H40N4O2. The van der Waals surface area contributed by atoms with Crippen LogP contribution < -0.4 is 15.8 Å². The lowest BCUT2D eigenvalue weighted by Crippen LogP contribution is -2.35. The molecule has 4 rings (SSSR count). The van der Waals surface area contributed by atoms with Gasteiger partial charge in [-0.05, 0) is 94.7 Å². The fourth-order valence-electron chi connectivity index (χ4n) is 4.69. The van der Waals surface area contributed by atoms with Crippen molar-refractivity contribution in [2.75, 3.05) is 39.5 Å². The number of piperidine rings is 1. The minimum Gasteiger partial charge on any atom is -0.490 e. The Hall–Kier alpha value is -2.70. The van der Waals surface area contributed by atoms with Crippen molar-refractivity contribution in [3.8, 4) is 5.75 Å². The molecular weight excluding hydrogens is 424 g/mol. The average molecular weight is 465 g/mol. The summed E-state index contributed by atoms with van der Waals surface area (Å²) < 4.78 is 6.04. The molecule has 0 unspecified atom stereocenters. The Kier molecular flexibility index (Phi) is 10.1. The van der Waals surface area contributed by atoms with Crippen molar-refractivity contribution < 1.29 is 9.53 Å². The van der Waals surface area contributed by atoms with E-state index in [0.717, 1.165) is 49.4 Å². The second-order valence-electron chi connectivity index (χ2n) is 9.55. The molecule has 2 aromatic rings. The smallest absolute Gasteiger partial charge is 0.150 e. The van der Waals surface area contributed by atoms with Crippen LogP contribution in [0.25, 0.3) is 0 Å². The van der Waals surface area contributed by atoms with Crippen molar-refractivity contribution in [2.45, 2.75) is 51.0 Å². The van der Waals surface area contributed by atoms with Crippen LogP contribution in [0.3, 0.4) is 0 Å². The second kappa shape index (κ2) is 13.3. The Balaban J connectivity index is 0.000000302. The number of hydrogen-bond donors (Lipinski definition) is 3. The summed E-state index contributed by atoms with van der Waals surface area (Å²) in [5.41, 5.74) is 8.56. The molecule has 6 nitrogen and oxygen atoms in total. The lowest BCUT2D eigenvalue weighted by Gasteiger charge is -2.29. The largest absolute Gasteiger partial charge is 0.490 e. The van der Waals surface area contributed by atoms with Gasteiger partial charge in [-0.2, -0.15) is 0 Å². The van der Waals surface area contributed by atoms with Gasteiger partial charge in [-0.15, -0.1) is 0 Å². The van der Waals surface area contributed by atoms with Gasteiger partial charge in [0.2, 0.25) is 0 Å². The third kappa shape index (κ3) is 7.67. The topological polar surface area (TPSA) is 91.4 Å². The molecule has 4 N–H and O–H groups in total. The van der Waals surface area contributed by atoms with E-state index in [1.807, 2.05) is 24.3 Å². The molecule has 0 amide bonds. The second-order valence-corrected chi connectivity index (χ2v) is 9.55. The molecule has 34 heavy (non-hydrogen) atoms. The van der Waals surface area contributed by atoms with Gasteiger partial charge >= 0.3 is 0 Å². The van der Waals surface area contributed by atoms with Crippen molar-refractivity contribution >= 4 is 17.7 Å². The van der Waals surface area contributed by atoms with E-state index in [9.17, 15) is 4.79 Å². The Morgan fingerprint density at radius 2 is 1.76 bits per heavy atom. The summed E-state index contributed by atoms with van der Waals surface area (Å²) in [7, 11) is 4.18. The number of aldehydes is 1. The number of anilines is 1. The van der Waals surface area contributed by atoms with E-state index < -0.39 is 0 Å². The number of nitrogen functional groups attached to an aromatic ring is 1. The number of rotatable bonds is 7. The fraction of sp³-hybridized carbons (Fsp3) is 0.500. The number of nitrogens with zero attached hydrogens (tertiary/aromatic N) is 1. The van der Waals surface area contributed by atoms with Crippen LogP contribution in [-0.4, -0.2) is 56.7 Å². The SMILES string of the molecule is CN1CCC(Oc2ccc(C(=N)c3cc(C=O)ccc3N)cc2)CC1.CNCC1CCCCC1. The van der Waals surface area contributed by atoms with Gasteiger partial charge in [0.25, 0.3) is 0 Å². The molecule has 2 fully saturated rings. The minimum atomic E-state index is 0.251. The molecule has 0 spiro atoms. The van der Waals surface area contributed by atoms with Crippen LogP contribution in [-0.2, 0) is 0 Å². The molecule has 1 heterocycles. The normalized spacial score (nSPS) is 17.5. The first-order chi connectivity index (χ1) is 16.5. The van der Waals surface area contributed by atoms with Gasteiger partial charge in [-0.3, -0.25) is 10.2 Å². The van der Waals surface area contributed by atoms with E-state index in [-0.39, 0.29) is 6.10 Å². The van der Waals surface area contributed by atoms with Crippen LogP contribution >= 0.6 is 0 Å². The van der Waals surface area contributed by atoms with Crippen LogP contribution in [0.15, 0.2) is 42.5 Å². The molecule has 0 atom stereocenters. The summed E-state index contributed by atoms with van der Waals surface area (Å²) in [6, 6.07) is 12.5. The van der Waals surface area contributed by atoms with Crippen LogP contribution in [0.1, 0.15) is 66.4 Å². The van der Waals surface area contributed by atoms with E-state index in [4.69, 9.17) is 15.9 Å². The molecule has 1 saturated carbocycles. The number of nitrogens with two attached hydrogens (primary N) is 1. The first-order valence-corrected chi connectivity index (χ1v) is 12.5. The van der Waals surface area contributed by atoms with Gasteiger partial charge in [-0.1, -0.05) is 19.3 Å². The van der Waals surface area contributed by atoms with Crippen molar-refractivity contribution in [2.24, 2.45) is 5.92 Å². The zero-order valence-electron chi connectivity index (χ0n) is 20.7. The van der Waals surface area contributed by atoms with Gasteiger partial charge in [-0.25, -0.2) is 0 Å². The van der Waals surface area contributed by atoms with E-state index in [2.05, 4.69) is 24.3 Å². The number of benzene rings is 2. The summed E-state index contributed by atoms with van der Waals surface area (Å²) in [4.78, 5) is 13.3. The monoisotopic (exact) mass is 464 g/mol. The summed E-state index contributed by atoms with van der Waals surface area (Å²) in [5.74, 6) is 1.81. The van der Waals surface area contributed by atoms with Crippen molar-refractivity contribution in [3.05, 3.63) is 59.2 Å². The number of carbonyl (C=O) groups excluding carboxylic acids is 1. The predicted octanol–water partition coefficient (Wildman–Crippen LogP) is 4.76. The first kappa shape index (κ1) is 25.9. The number of nitrogens with one attached hydrogen (secondary N) is 2. The molecule has 1 aliphatic heterocycles. The van der Waals surface area contributed by atoms with Crippen LogP contribution in [0, 0.1) is 11.3 Å². The maximum Gasteiger partial charge on any atom is 0.150 e. The first-order valence-electron chi connectivity index (χ1n) is 12.5. The maximum absolute atomic E-state index is 11.0. The molecule has 2 aromatic carbocycles. The van der Waals surface area contributed by atoms with Crippen molar-refractivity contribution in [1.29, 1.82) is 5.41 Å². The maximum atomic E-state index is 11.0. The Morgan fingerprint density at radius 1 is 1.09 bits per heavy atom. The summed E-state index contributed by atoms with van der Waals surface area (Å²) in [6.45, 7) is 3.35. The van der Waals surface area contributed by atoms with Gasteiger partial charge in [0, 0.05) is 35.5 Å². The Morgan fingerprint density at radius 3 is 2.38 bits per heavy atom. The molecule has 0 aromatic heterocycles. The van der Waals surface area contributed by atoms with Crippen molar-refractivity contribution in [1.82, 2.24) is 10.2 Å². The van der Waals surface area contributed by atoms with Crippen LogP contribution in [0.2, 0.25) is 0 Å². The van der Waals surface area contributed by atoms with Gasteiger partial charge < -0.3 is 20.7 Å². The lowest BCUT2D eigenvalue weighted by molar-refractivity contribution is 0.112. The molecule has 0 bridgehead atoms. The number of likely N-dealkylation sites (tertiary alicyclic amines) is 1. The molecule has 1 saturated heterocycles. The standard InChI is InChI=1S/C20H23N3O2.C8H17N/c1-23-10-8-17(9-11-23)25-16-5-3-15(4-6-16)20(22)18-12-14(13-24)2-7-19(18)21;1-9-7-8-5-3-2-4-6-8/h2-7,12-13,17,22H,8-11,21H2,1H3;8-9H,2-7H2,1H3. The third-order valence-corrected chi connectivity index (χ3v) is 6.81. The van der Waals surface area contributed by atoms with Gasteiger partial charge in [0.05, 0.1) is 5.71 Å². The Bertz CT molecular complexity index is 912. The predicted molar refractivity (Wildman–Crippen MR) is 140 cm³/mol. The highest BCUT2D eigenvalue weighted by atomic mass is 16.5. The lowest BCUT2D eigenvalue weighted by atomic mass is 9.89.